The van der Waals surface area contributed by atoms with E-state index < -0.39 is 0 Å². The van der Waals surface area contributed by atoms with Gasteiger partial charge in [0.25, 0.3) is 0 Å². The van der Waals surface area contributed by atoms with E-state index in [1.54, 1.807) is 10.9 Å². The van der Waals surface area contributed by atoms with Crippen LogP contribution in [0.2, 0.25) is 5.15 Å². The average Bonchev–Trinajstić information content (AvgIpc) is 2.51. The van der Waals surface area contributed by atoms with Crippen LogP contribution in [0.4, 0.5) is 5.69 Å². The highest BCUT2D eigenvalue weighted by atomic mass is 35.5. The molecule has 0 aliphatic rings. The first-order valence-corrected chi connectivity index (χ1v) is 4.49. The Hall–Kier alpha value is -1.55. The Morgan fingerprint density at radius 3 is 2.79 bits per heavy atom. The van der Waals surface area contributed by atoms with Crippen LogP contribution in [0.1, 0.15) is 5.56 Å². The van der Waals surface area contributed by atoms with Gasteiger partial charge in [-0.15, -0.1) is 5.10 Å². The fourth-order valence-electron chi connectivity index (χ4n) is 1.24. The summed E-state index contributed by atoms with van der Waals surface area (Å²) in [6, 6.07) is 5.72. The van der Waals surface area contributed by atoms with E-state index in [9.17, 15) is 0 Å². The first-order valence-electron chi connectivity index (χ1n) is 4.11. The van der Waals surface area contributed by atoms with Gasteiger partial charge in [0.1, 0.15) is 0 Å². The summed E-state index contributed by atoms with van der Waals surface area (Å²) in [5.41, 5.74) is 8.39. The van der Waals surface area contributed by atoms with E-state index in [2.05, 4.69) is 10.3 Å². The molecule has 1 heterocycles. The monoisotopic (exact) mass is 208 g/mol. The molecule has 5 heteroatoms. The molecule has 0 aliphatic carbocycles. The second-order valence-electron chi connectivity index (χ2n) is 3.05. The molecule has 14 heavy (non-hydrogen) atoms. The van der Waals surface area contributed by atoms with Crippen molar-refractivity contribution >= 4 is 17.3 Å². The van der Waals surface area contributed by atoms with Crippen LogP contribution in [0, 0.1) is 6.92 Å². The second kappa shape index (κ2) is 3.31. The molecule has 72 valence electrons. The van der Waals surface area contributed by atoms with E-state index in [0.29, 0.717) is 10.8 Å². The summed E-state index contributed by atoms with van der Waals surface area (Å²) in [4.78, 5) is 0. The summed E-state index contributed by atoms with van der Waals surface area (Å²) in [6.07, 6.45) is 1.61. The number of hydrogen-bond acceptors (Lipinski definition) is 3. The molecule has 0 spiro atoms. The van der Waals surface area contributed by atoms with Crippen LogP contribution in [-0.4, -0.2) is 15.0 Å². The van der Waals surface area contributed by atoms with Gasteiger partial charge in [-0.05, 0) is 24.6 Å². The van der Waals surface area contributed by atoms with Gasteiger partial charge in [0.15, 0.2) is 5.15 Å². The summed E-state index contributed by atoms with van der Waals surface area (Å²) in [7, 11) is 0. The highest BCUT2D eigenvalue weighted by molar-refractivity contribution is 6.29. The van der Waals surface area contributed by atoms with Crippen LogP contribution in [0.3, 0.4) is 0 Å². The molecule has 2 N–H and O–H groups in total. The van der Waals surface area contributed by atoms with E-state index >= 15 is 0 Å². The molecule has 0 unspecified atom stereocenters. The van der Waals surface area contributed by atoms with Crippen molar-refractivity contribution in [1.82, 2.24) is 15.0 Å². The molecule has 0 fully saturated rings. The van der Waals surface area contributed by atoms with Crippen molar-refractivity contribution in [2.24, 2.45) is 0 Å². The third-order valence-corrected chi connectivity index (χ3v) is 2.07. The van der Waals surface area contributed by atoms with Crippen LogP contribution in [0.25, 0.3) is 5.69 Å². The van der Waals surface area contributed by atoms with Gasteiger partial charge in [-0.25, -0.2) is 4.68 Å². The number of hydrogen-bond donors (Lipinski definition) is 1. The summed E-state index contributed by atoms with van der Waals surface area (Å²) < 4.78 is 1.55. The highest BCUT2D eigenvalue weighted by Crippen LogP contribution is 2.18. The van der Waals surface area contributed by atoms with Gasteiger partial charge in [0.05, 0.1) is 17.6 Å². The third-order valence-electron chi connectivity index (χ3n) is 1.90. The Morgan fingerprint density at radius 2 is 2.21 bits per heavy atom. The summed E-state index contributed by atoms with van der Waals surface area (Å²) in [5, 5.41) is 7.86. The molecule has 2 rings (SSSR count). The molecule has 2 aromatic rings. The average molecular weight is 209 g/mol. The van der Waals surface area contributed by atoms with Crippen molar-refractivity contribution in [3.05, 3.63) is 35.1 Å². The molecule has 0 bridgehead atoms. The fourth-order valence-corrected chi connectivity index (χ4v) is 1.37. The topological polar surface area (TPSA) is 56.7 Å². The smallest absolute Gasteiger partial charge is 0.171 e. The lowest BCUT2D eigenvalue weighted by Gasteiger charge is -2.04. The predicted molar refractivity (Wildman–Crippen MR) is 55.5 cm³/mol. The largest absolute Gasteiger partial charge is 0.397 e. The SMILES string of the molecule is Cc1ccc(-n2cc(Cl)nn2)c(N)c1. The minimum absolute atomic E-state index is 0.352. The number of benzene rings is 1. The maximum Gasteiger partial charge on any atom is 0.171 e. The Bertz CT molecular complexity index is 464. The lowest BCUT2D eigenvalue weighted by atomic mass is 10.2. The minimum Gasteiger partial charge on any atom is -0.397 e. The van der Waals surface area contributed by atoms with Crippen molar-refractivity contribution in [2.75, 3.05) is 5.73 Å². The number of aromatic nitrogens is 3. The molecule has 0 saturated heterocycles. The third kappa shape index (κ3) is 1.56. The van der Waals surface area contributed by atoms with Crippen LogP contribution in [-0.2, 0) is 0 Å². The molecule has 1 aromatic carbocycles. The predicted octanol–water partition coefficient (Wildman–Crippen LogP) is 1.81. The molecule has 4 nitrogen and oxygen atoms in total. The number of anilines is 1. The quantitative estimate of drug-likeness (QED) is 0.728. The zero-order valence-corrected chi connectivity index (χ0v) is 8.36. The zero-order chi connectivity index (χ0) is 10.1. The summed E-state index contributed by atoms with van der Waals surface area (Å²) >= 11 is 5.66. The van der Waals surface area contributed by atoms with Crippen molar-refractivity contribution in [3.63, 3.8) is 0 Å². The lowest BCUT2D eigenvalue weighted by Crippen LogP contribution is -2.00. The number of aryl methyl sites for hydroxylation is 1. The van der Waals surface area contributed by atoms with Gasteiger partial charge in [-0.1, -0.05) is 22.9 Å². The molecule has 0 aliphatic heterocycles. The van der Waals surface area contributed by atoms with Gasteiger partial charge in [-0.2, -0.15) is 0 Å². The van der Waals surface area contributed by atoms with Crippen molar-refractivity contribution in [3.8, 4) is 5.69 Å². The first-order chi connectivity index (χ1) is 6.66. The van der Waals surface area contributed by atoms with Crippen LogP contribution < -0.4 is 5.73 Å². The van der Waals surface area contributed by atoms with Crippen molar-refractivity contribution < 1.29 is 0 Å². The Kier molecular flexibility index (Phi) is 2.13. The van der Waals surface area contributed by atoms with Crippen molar-refractivity contribution in [1.29, 1.82) is 0 Å². The van der Waals surface area contributed by atoms with Gasteiger partial charge in [0, 0.05) is 0 Å². The molecule has 0 radical (unpaired) electrons. The van der Waals surface area contributed by atoms with E-state index in [1.165, 1.54) is 0 Å². The standard InChI is InChI=1S/C9H9ClN4/c1-6-2-3-8(7(11)4-6)14-5-9(10)12-13-14/h2-5H,11H2,1H3. The van der Waals surface area contributed by atoms with Gasteiger partial charge in [0.2, 0.25) is 0 Å². The van der Waals surface area contributed by atoms with E-state index in [1.807, 2.05) is 25.1 Å². The fraction of sp³-hybridized carbons (Fsp3) is 0.111. The molecule has 0 atom stereocenters. The van der Waals surface area contributed by atoms with Gasteiger partial charge >= 0.3 is 0 Å². The maximum absolute atomic E-state index is 5.83. The Balaban J connectivity index is 2.52. The number of nitrogens with two attached hydrogens (primary N) is 1. The van der Waals surface area contributed by atoms with E-state index in [0.717, 1.165) is 11.3 Å². The lowest BCUT2D eigenvalue weighted by molar-refractivity contribution is 0.805. The molecule has 0 saturated carbocycles. The summed E-state index contributed by atoms with van der Waals surface area (Å²) in [5.74, 6) is 0. The van der Waals surface area contributed by atoms with E-state index in [-0.39, 0.29) is 0 Å². The van der Waals surface area contributed by atoms with Crippen LogP contribution >= 0.6 is 11.6 Å². The maximum atomic E-state index is 5.83. The number of halogens is 1. The van der Waals surface area contributed by atoms with Crippen LogP contribution in [0.15, 0.2) is 24.4 Å². The first kappa shape index (κ1) is 9.02. The van der Waals surface area contributed by atoms with Crippen LogP contribution in [0.5, 0.6) is 0 Å². The number of nitrogen functional groups attached to an aromatic ring is 1. The van der Waals surface area contributed by atoms with Gasteiger partial charge in [-0.3, -0.25) is 0 Å². The highest BCUT2D eigenvalue weighted by Gasteiger charge is 2.04. The molecular formula is C9H9ClN4. The molecule has 1 aromatic heterocycles. The minimum atomic E-state index is 0.352. The van der Waals surface area contributed by atoms with E-state index in [4.69, 9.17) is 17.3 Å². The summed E-state index contributed by atoms with van der Waals surface area (Å²) in [6.45, 7) is 1.98. The molecule has 0 amide bonds. The second-order valence-corrected chi connectivity index (χ2v) is 3.44. The normalized spacial score (nSPS) is 10.4. The Labute approximate surface area is 86.3 Å². The van der Waals surface area contributed by atoms with Gasteiger partial charge < -0.3 is 5.73 Å². The molecular weight excluding hydrogens is 200 g/mol. The number of nitrogens with zero attached hydrogens (tertiary/aromatic N) is 3. The number of rotatable bonds is 1. The zero-order valence-electron chi connectivity index (χ0n) is 7.61. The Morgan fingerprint density at radius 1 is 1.43 bits per heavy atom. The van der Waals surface area contributed by atoms with Crippen molar-refractivity contribution in [2.45, 2.75) is 6.92 Å².